The van der Waals surface area contributed by atoms with Crippen LogP contribution in [0.1, 0.15) is 33.6 Å². The molecule has 4 unspecified atom stereocenters. The molecule has 27 heavy (non-hydrogen) atoms. The number of ether oxygens (including phenoxy) is 2. The molecular formula is C20H33N3O4. The molecule has 0 aromatic carbocycles. The highest BCUT2D eigenvalue weighted by Gasteiger charge is 2.61. The van der Waals surface area contributed by atoms with Crippen molar-refractivity contribution in [1.29, 1.82) is 0 Å². The minimum absolute atomic E-state index is 0.114. The number of likely N-dealkylation sites (tertiary alicyclic amines) is 1. The summed E-state index contributed by atoms with van der Waals surface area (Å²) in [5.74, 6) is 1.61. The normalized spacial score (nSPS) is 37.9. The number of nitrogens with zero attached hydrogens (tertiary/aromatic N) is 3. The van der Waals surface area contributed by atoms with Gasteiger partial charge in [0.1, 0.15) is 0 Å². The van der Waals surface area contributed by atoms with Crippen molar-refractivity contribution in [2.24, 2.45) is 17.8 Å². The fraction of sp³-hybridized carbons (Fsp3) is 0.900. The molecule has 0 spiro atoms. The first-order chi connectivity index (χ1) is 12.9. The largest absolute Gasteiger partial charge is 0.450 e. The first kappa shape index (κ1) is 19.0. The van der Waals surface area contributed by atoms with Crippen LogP contribution in [0.3, 0.4) is 0 Å². The van der Waals surface area contributed by atoms with Gasteiger partial charge in [-0.2, -0.15) is 0 Å². The number of hydrogen-bond donors (Lipinski definition) is 0. The van der Waals surface area contributed by atoms with Crippen LogP contribution in [0.15, 0.2) is 0 Å². The number of carbonyl (C=O) groups excluding carboxylic acids is 2. The molecule has 3 aliphatic heterocycles. The summed E-state index contributed by atoms with van der Waals surface area (Å²) in [5, 5.41) is 0. The number of fused-ring (bicyclic) bond motifs is 3. The van der Waals surface area contributed by atoms with Crippen molar-refractivity contribution in [1.82, 2.24) is 14.7 Å². The Morgan fingerprint density at radius 1 is 1.11 bits per heavy atom. The van der Waals surface area contributed by atoms with Crippen molar-refractivity contribution in [2.45, 2.75) is 57.8 Å². The van der Waals surface area contributed by atoms with Crippen molar-refractivity contribution >= 4 is 12.0 Å². The highest BCUT2D eigenvalue weighted by molar-refractivity contribution is 5.82. The topological polar surface area (TPSA) is 62.3 Å². The molecule has 3 saturated heterocycles. The zero-order chi connectivity index (χ0) is 19.3. The van der Waals surface area contributed by atoms with Gasteiger partial charge in [0, 0.05) is 38.1 Å². The van der Waals surface area contributed by atoms with E-state index < -0.39 is 0 Å². The Hall–Kier alpha value is -1.34. The molecule has 152 valence electrons. The van der Waals surface area contributed by atoms with Crippen LogP contribution < -0.4 is 0 Å². The van der Waals surface area contributed by atoms with E-state index in [1.807, 2.05) is 23.8 Å². The Bertz CT molecular complexity index is 572. The van der Waals surface area contributed by atoms with Crippen molar-refractivity contribution in [3.8, 4) is 0 Å². The Kier molecular flexibility index (Phi) is 5.10. The van der Waals surface area contributed by atoms with Gasteiger partial charge >= 0.3 is 6.09 Å². The first-order valence-corrected chi connectivity index (χ1v) is 10.5. The van der Waals surface area contributed by atoms with E-state index in [2.05, 4.69) is 18.7 Å². The third-order valence-corrected chi connectivity index (χ3v) is 7.12. The molecule has 4 aliphatic rings. The second-order valence-electron chi connectivity index (χ2n) is 8.93. The highest BCUT2D eigenvalue weighted by atomic mass is 16.6. The average Bonchev–Trinajstić information content (AvgIpc) is 3.12. The van der Waals surface area contributed by atoms with Crippen LogP contribution in [0, 0.1) is 17.8 Å². The number of morpholine rings is 1. The van der Waals surface area contributed by atoms with Gasteiger partial charge in [-0.25, -0.2) is 4.79 Å². The Balaban J connectivity index is 1.34. The van der Waals surface area contributed by atoms with E-state index in [0.717, 1.165) is 25.9 Å². The second kappa shape index (κ2) is 7.24. The van der Waals surface area contributed by atoms with Gasteiger partial charge in [-0.05, 0) is 45.4 Å². The maximum absolute atomic E-state index is 12.6. The monoisotopic (exact) mass is 379 g/mol. The van der Waals surface area contributed by atoms with Gasteiger partial charge in [0.05, 0.1) is 31.9 Å². The minimum atomic E-state index is -0.194. The fourth-order valence-electron chi connectivity index (χ4n) is 5.39. The Morgan fingerprint density at radius 3 is 2.22 bits per heavy atom. The summed E-state index contributed by atoms with van der Waals surface area (Å²) < 4.78 is 11.0. The smallest absolute Gasteiger partial charge is 0.410 e. The molecule has 0 N–H and O–H groups in total. The summed E-state index contributed by atoms with van der Waals surface area (Å²) in [6, 6.07) is 0.980. The molecule has 0 aromatic rings. The highest BCUT2D eigenvalue weighted by Crippen LogP contribution is 2.53. The lowest BCUT2D eigenvalue weighted by Gasteiger charge is -2.49. The van der Waals surface area contributed by atoms with Crippen LogP contribution in [-0.2, 0) is 14.3 Å². The summed E-state index contributed by atoms with van der Waals surface area (Å²) in [7, 11) is 1.92. The van der Waals surface area contributed by atoms with Crippen LogP contribution in [0.25, 0.3) is 0 Å². The van der Waals surface area contributed by atoms with E-state index in [4.69, 9.17) is 9.47 Å². The number of amides is 2. The van der Waals surface area contributed by atoms with E-state index in [1.165, 1.54) is 0 Å². The lowest BCUT2D eigenvalue weighted by molar-refractivity contribution is -0.134. The van der Waals surface area contributed by atoms with E-state index in [1.54, 1.807) is 0 Å². The number of carbonyl (C=O) groups is 2. The van der Waals surface area contributed by atoms with Gasteiger partial charge in [0.25, 0.3) is 0 Å². The van der Waals surface area contributed by atoms with Crippen LogP contribution >= 0.6 is 0 Å². The molecule has 7 nitrogen and oxygen atoms in total. The van der Waals surface area contributed by atoms with E-state index in [9.17, 15) is 9.59 Å². The maximum Gasteiger partial charge on any atom is 0.410 e. The first-order valence-electron chi connectivity index (χ1n) is 10.5. The molecule has 4 rings (SSSR count). The fourth-order valence-corrected chi connectivity index (χ4v) is 5.39. The van der Waals surface area contributed by atoms with Gasteiger partial charge in [-0.15, -0.1) is 0 Å². The van der Waals surface area contributed by atoms with Crippen molar-refractivity contribution in [2.75, 3.05) is 40.0 Å². The third-order valence-electron chi connectivity index (χ3n) is 7.12. The average molecular weight is 380 g/mol. The van der Waals surface area contributed by atoms with Crippen molar-refractivity contribution in [3.63, 3.8) is 0 Å². The zero-order valence-corrected chi connectivity index (χ0v) is 17.0. The van der Waals surface area contributed by atoms with Gasteiger partial charge in [-0.1, -0.05) is 0 Å². The van der Waals surface area contributed by atoms with Crippen LogP contribution in [0.5, 0.6) is 0 Å². The molecule has 1 aliphatic carbocycles. The number of rotatable bonds is 4. The van der Waals surface area contributed by atoms with Gasteiger partial charge in [-0.3, -0.25) is 14.6 Å². The predicted molar refractivity (Wildman–Crippen MR) is 100 cm³/mol. The summed E-state index contributed by atoms with van der Waals surface area (Å²) in [6.45, 7) is 9.66. The number of hydrogen-bond acceptors (Lipinski definition) is 5. The van der Waals surface area contributed by atoms with Gasteiger partial charge in [0.15, 0.2) is 0 Å². The summed E-state index contributed by atoms with van der Waals surface area (Å²) >= 11 is 0. The van der Waals surface area contributed by atoms with Crippen LogP contribution in [-0.4, -0.2) is 90.8 Å². The molecule has 1 saturated carbocycles. The lowest BCUT2D eigenvalue weighted by Crippen LogP contribution is -2.62. The third kappa shape index (κ3) is 3.33. The molecule has 4 fully saturated rings. The second-order valence-corrected chi connectivity index (χ2v) is 8.93. The van der Waals surface area contributed by atoms with Gasteiger partial charge in [0.2, 0.25) is 5.91 Å². The summed E-state index contributed by atoms with van der Waals surface area (Å²) in [5.41, 5.74) is 0. The Morgan fingerprint density at radius 2 is 1.70 bits per heavy atom. The van der Waals surface area contributed by atoms with E-state index >= 15 is 0 Å². The van der Waals surface area contributed by atoms with E-state index in [-0.39, 0.29) is 30.1 Å². The standard InChI is InChI=1S/C20H33N3O4/c1-5-27-20(25)23-14-6-13(7-15(23)11-26-10-14)22-8-16-17(9-22)18(16)19(24)21(4)12(2)3/h12-18H,5-11H2,1-4H3. The number of piperidine rings is 2. The van der Waals surface area contributed by atoms with Crippen molar-refractivity contribution < 1.29 is 19.1 Å². The molecule has 0 aromatic heterocycles. The lowest BCUT2D eigenvalue weighted by atomic mass is 9.89. The van der Waals surface area contributed by atoms with Crippen LogP contribution in [0.2, 0.25) is 0 Å². The molecule has 4 atom stereocenters. The zero-order valence-electron chi connectivity index (χ0n) is 17.0. The SMILES string of the molecule is CCOC(=O)N1C2COCC1CC(N1CC3C(C1)C3C(=O)N(C)C(C)C)C2. The molecule has 2 bridgehead atoms. The summed E-state index contributed by atoms with van der Waals surface area (Å²) in [6.07, 6.45) is 1.69. The molecular weight excluding hydrogens is 346 g/mol. The van der Waals surface area contributed by atoms with E-state index in [0.29, 0.717) is 43.6 Å². The quantitative estimate of drug-likeness (QED) is 0.739. The molecule has 3 heterocycles. The molecule has 0 radical (unpaired) electrons. The minimum Gasteiger partial charge on any atom is -0.450 e. The molecule has 7 heteroatoms. The van der Waals surface area contributed by atoms with Crippen LogP contribution in [0.4, 0.5) is 4.79 Å². The molecule has 2 amide bonds. The summed E-state index contributed by atoms with van der Waals surface area (Å²) in [4.78, 5) is 31.3. The van der Waals surface area contributed by atoms with Gasteiger partial charge < -0.3 is 14.4 Å². The predicted octanol–water partition coefficient (Wildman–Crippen LogP) is 1.42. The van der Waals surface area contributed by atoms with Crippen molar-refractivity contribution in [3.05, 3.63) is 0 Å². The maximum atomic E-state index is 12.6. The Labute approximate surface area is 161 Å².